The minimum atomic E-state index is -0.479. The van der Waals surface area contributed by atoms with Gasteiger partial charge in [-0.25, -0.2) is 0 Å². The summed E-state index contributed by atoms with van der Waals surface area (Å²) in [5.41, 5.74) is 17.8. The van der Waals surface area contributed by atoms with Crippen LogP contribution in [0.25, 0.3) is 75.5 Å². The van der Waals surface area contributed by atoms with Gasteiger partial charge in [-0.15, -0.1) is 11.3 Å². The lowest BCUT2D eigenvalue weighted by Crippen LogP contribution is -2.28. The summed E-state index contributed by atoms with van der Waals surface area (Å²) >= 11 is 1.88. The van der Waals surface area contributed by atoms with E-state index in [2.05, 4.69) is 266 Å². The molecule has 0 aliphatic heterocycles. The van der Waals surface area contributed by atoms with Crippen LogP contribution in [0.2, 0.25) is 0 Å². The molecule has 13 rings (SSSR count). The van der Waals surface area contributed by atoms with E-state index in [1.165, 1.54) is 92.1 Å². The van der Waals surface area contributed by atoms with E-state index in [-0.39, 0.29) is 0 Å². The minimum Gasteiger partial charge on any atom is -0.310 e. The topological polar surface area (TPSA) is 3.24 Å². The second-order valence-electron chi connectivity index (χ2n) is 17.6. The van der Waals surface area contributed by atoms with Crippen molar-refractivity contribution in [2.24, 2.45) is 0 Å². The van der Waals surface area contributed by atoms with Gasteiger partial charge in [-0.1, -0.05) is 212 Å². The van der Waals surface area contributed by atoms with E-state index < -0.39 is 5.41 Å². The molecule has 11 aromatic carbocycles. The highest BCUT2D eigenvalue weighted by Gasteiger charge is 2.46. The first-order chi connectivity index (χ1) is 33.2. The summed E-state index contributed by atoms with van der Waals surface area (Å²) in [6.45, 7) is 0. The zero-order chi connectivity index (χ0) is 44.3. The Morgan fingerprint density at radius 3 is 1.70 bits per heavy atom. The normalized spacial score (nSPS) is 12.6. The van der Waals surface area contributed by atoms with Crippen LogP contribution >= 0.6 is 11.3 Å². The predicted octanol–water partition coefficient (Wildman–Crippen LogP) is 18.0. The third-order valence-electron chi connectivity index (χ3n) is 13.9. The van der Waals surface area contributed by atoms with E-state index >= 15 is 0 Å². The molecule has 0 bridgehead atoms. The Morgan fingerprint density at radius 1 is 0.328 bits per heavy atom. The van der Waals surface area contributed by atoms with E-state index in [0.29, 0.717) is 0 Å². The fourth-order valence-electron chi connectivity index (χ4n) is 10.9. The molecule has 12 aromatic rings. The Morgan fingerprint density at radius 2 is 0.910 bits per heavy atom. The monoisotopic (exact) mass is 869 g/mol. The molecule has 0 saturated carbocycles. The first-order valence-electron chi connectivity index (χ1n) is 23.1. The lowest BCUT2D eigenvalue weighted by Gasteiger charge is -2.34. The zero-order valence-electron chi connectivity index (χ0n) is 36.7. The Balaban J connectivity index is 1.01. The Bertz CT molecular complexity index is 3760. The second kappa shape index (κ2) is 16.0. The smallest absolute Gasteiger partial charge is 0.0713 e. The molecule has 0 radical (unpaired) electrons. The van der Waals surface area contributed by atoms with E-state index in [9.17, 15) is 0 Å². The highest BCUT2D eigenvalue weighted by atomic mass is 32.1. The summed E-state index contributed by atoms with van der Waals surface area (Å²) in [5.74, 6) is 0. The van der Waals surface area contributed by atoms with Gasteiger partial charge in [-0.05, 0) is 126 Å². The van der Waals surface area contributed by atoms with Gasteiger partial charge in [0, 0.05) is 31.5 Å². The van der Waals surface area contributed by atoms with Crippen LogP contribution in [0.4, 0.5) is 17.1 Å². The van der Waals surface area contributed by atoms with Gasteiger partial charge < -0.3 is 4.90 Å². The second-order valence-corrected chi connectivity index (χ2v) is 18.6. The molecule has 0 unspecified atom stereocenters. The molecule has 1 heterocycles. The van der Waals surface area contributed by atoms with Gasteiger partial charge in [0.25, 0.3) is 0 Å². The highest BCUT2D eigenvalue weighted by Crippen LogP contribution is 2.57. The van der Waals surface area contributed by atoms with Crippen LogP contribution in [0.5, 0.6) is 0 Å². The fraction of sp³-hybridized carbons (Fsp3) is 0.0154. The van der Waals surface area contributed by atoms with Crippen molar-refractivity contribution in [3.8, 4) is 44.5 Å². The van der Waals surface area contributed by atoms with Gasteiger partial charge in [0.2, 0.25) is 0 Å². The molecule has 1 aliphatic rings. The Kier molecular flexibility index (Phi) is 9.33. The van der Waals surface area contributed by atoms with Gasteiger partial charge in [0.05, 0.1) is 11.1 Å². The number of thiophene rings is 1. The fourth-order valence-corrected chi connectivity index (χ4v) is 12.1. The SMILES string of the molecule is c1ccc(-c2ccc(N(c3ccc(-c4ccc5ccccc5c4)cc3)c3cccc(-c4ccc5c(c4)C(c4ccccc4)(c4ccccc4)c4ccccc4-5)c3)c3c2sc2ccccc23)cc1. The zero-order valence-corrected chi connectivity index (χ0v) is 37.5. The number of benzene rings is 11. The number of hydrogen-bond donors (Lipinski definition) is 0. The largest absolute Gasteiger partial charge is 0.310 e. The number of nitrogens with zero attached hydrogens (tertiary/aromatic N) is 1. The van der Waals surface area contributed by atoms with Gasteiger partial charge in [0.1, 0.15) is 0 Å². The molecule has 0 atom stereocenters. The first kappa shape index (κ1) is 39.1. The molecular formula is C65H43NS. The standard InChI is InChI=1S/C65H43NS/c1-4-18-46(19-5-1)55-39-40-61(63-58-28-13-15-30-62(58)67-64(55)63)66(53-36-33-45(34-37-53)49-32-31-44-17-10-11-20-47(44)41-49)54-26-16-21-48(42-54)50-35-38-57-56-27-12-14-29-59(56)65(60(57)43-50,51-22-6-2-7-23-51)52-24-8-3-9-25-52/h1-43H. The van der Waals surface area contributed by atoms with Crippen molar-refractivity contribution in [3.05, 3.63) is 283 Å². The van der Waals surface area contributed by atoms with Crippen LogP contribution in [-0.2, 0) is 5.41 Å². The number of hydrogen-bond acceptors (Lipinski definition) is 2. The summed E-state index contributed by atoms with van der Waals surface area (Å²) < 4.78 is 2.57. The number of anilines is 3. The van der Waals surface area contributed by atoms with Crippen LogP contribution in [0.3, 0.4) is 0 Å². The summed E-state index contributed by atoms with van der Waals surface area (Å²) in [5, 5.41) is 5.02. The lowest BCUT2D eigenvalue weighted by molar-refractivity contribution is 0.769. The van der Waals surface area contributed by atoms with Gasteiger partial charge >= 0.3 is 0 Å². The Labute approximate surface area is 395 Å². The third-order valence-corrected chi connectivity index (χ3v) is 15.1. The third kappa shape index (κ3) is 6.37. The maximum absolute atomic E-state index is 2.48. The lowest BCUT2D eigenvalue weighted by atomic mass is 9.67. The van der Waals surface area contributed by atoms with Crippen LogP contribution in [0, 0.1) is 0 Å². The van der Waals surface area contributed by atoms with Gasteiger partial charge in [-0.3, -0.25) is 0 Å². The molecule has 0 saturated heterocycles. The summed E-state index contributed by atoms with van der Waals surface area (Å²) in [4.78, 5) is 2.48. The predicted molar refractivity (Wildman–Crippen MR) is 285 cm³/mol. The minimum absolute atomic E-state index is 0.479. The molecule has 0 N–H and O–H groups in total. The molecule has 0 amide bonds. The quantitative estimate of drug-likeness (QED) is 0.147. The van der Waals surface area contributed by atoms with E-state index in [1.54, 1.807) is 0 Å². The average Bonchev–Trinajstić information content (AvgIpc) is 3.94. The summed E-state index contributed by atoms with van der Waals surface area (Å²) in [6.07, 6.45) is 0. The van der Waals surface area contributed by atoms with E-state index in [1.807, 2.05) is 11.3 Å². The van der Waals surface area contributed by atoms with Crippen LogP contribution < -0.4 is 4.90 Å². The Hall–Kier alpha value is -8.30. The molecule has 1 aliphatic carbocycles. The first-order valence-corrected chi connectivity index (χ1v) is 23.9. The van der Waals surface area contributed by atoms with Gasteiger partial charge in [-0.2, -0.15) is 0 Å². The molecule has 0 spiro atoms. The van der Waals surface area contributed by atoms with Crippen LogP contribution in [0.1, 0.15) is 22.3 Å². The number of rotatable bonds is 8. The summed E-state index contributed by atoms with van der Waals surface area (Å²) in [6, 6.07) is 96.3. The van der Waals surface area contributed by atoms with Crippen molar-refractivity contribution in [1.29, 1.82) is 0 Å². The van der Waals surface area contributed by atoms with Crippen molar-refractivity contribution in [2.75, 3.05) is 4.90 Å². The van der Waals surface area contributed by atoms with E-state index in [4.69, 9.17) is 0 Å². The van der Waals surface area contributed by atoms with Crippen LogP contribution in [0.15, 0.2) is 261 Å². The van der Waals surface area contributed by atoms with E-state index in [0.717, 1.165) is 22.6 Å². The van der Waals surface area contributed by atoms with Crippen molar-refractivity contribution in [2.45, 2.75) is 5.41 Å². The highest BCUT2D eigenvalue weighted by molar-refractivity contribution is 7.26. The van der Waals surface area contributed by atoms with Crippen molar-refractivity contribution in [3.63, 3.8) is 0 Å². The average molecular weight is 870 g/mol. The molecule has 314 valence electrons. The maximum Gasteiger partial charge on any atom is 0.0713 e. The van der Waals surface area contributed by atoms with Crippen molar-refractivity contribution >= 4 is 59.3 Å². The number of fused-ring (bicyclic) bond motifs is 7. The molecule has 1 aromatic heterocycles. The molecule has 1 nitrogen and oxygen atoms in total. The maximum atomic E-state index is 2.48. The molecule has 0 fully saturated rings. The van der Waals surface area contributed by atoms with Crippen LogP contribution in [-0.4, -0.2) is 0 Å². The molecule has 67 heavy (non-hydrogen) atoms. The van der Waals surface area contributed by atoms with Crippen molar-refractivity contribution < 1.29 is 0 Å². The molecular weight excluding hydrogens is 827 g/mol. The van der Waals surface area contributed by atoms with Gasteiger partial charge in [0.15, 0.2) is 0 Å². The van der Waals surface area contributed by atoms with Crippen molar-refractivity contribution in [1.82, 2.24) is 0 Å². The summed E-state index contributed by atoms with van der Waals surface area (Å²) in [7, 11) is 0. The molecule has 2 heteroatoms.